The number of likely N-dealkylation sites (N-methyl/N-ethyl adjacent to an activating group) is 1. The quantitative estimate of drug-likeness (QED) is 0.471. The second-order valence-corrected chi connectivity index (χ2v) is 8.25. The minimum atomic E-state index is -4.57. The number of rotatable bonds is 4. The number of hydrogen-bond donors (Lipinski definition) is 1. The van der Waals surface area contributed by atoms with E-state index in [1.54, 1.807) is 36.1 Å². The summed E-state index contributed by atoms with van der Waals surface area (Å²) in [4.78, 5) is 27.4. The molecule has 12 heteroatoms. The van der Waals surface area contributed by atoms with Crippen molar-refractivity contribution < 1.29 is 27.4 Å². The molecule has 1 aromatic carbocycles. The fraction of sp³-hybridized carbons (Fsp3) is 0.304. The molecule has 1 atom stereocenters. The molecule has 2 N–H and O–H groups in total. The van der Waals surface area contributed by atoms with Crippen LogP contribution in [0.5, 0.6) is 0 Å². The first kappa shape index (κ1) is 23.0. The average Bonchev–Trinajstić information content (AvgIpc) is 3.33. The molecule has 1 aliphatic heterocycles. The molecule has 0 aliphatic carbocycles. The molecule has 35 heavy (non-hydrogen) atoms. The van der Waals surface area contributed by atoms with Gasteiger partial charge in [-0.25, -0.2) is 15.0 Å². The molecule has 0 spiro atoms. The summed E-state index contributed by atoms with van der Waals surface area (Å²) >= 11 is 0. The van der Waals surface area contributed by atoms with Gasteiger partial charge < -0.3 is 20.1 Å². The monoisotopic (exact) mass is 486 g/mol. The maximum absolute atomic E-state index is 13.7. The topological polar surface area (TPSA) is 108 Å². The first-order chi connectivity index (χ1) is 16.7. The molecule has 182 valence electrons. The zero-order chi connectivity index (χ0) is 24.9. The number of pyridine rings is 1. The molecule has 4 heterocycles. The molecular formula is C23H21F3N6O3. The number of hydrogen-bond acceptors (Lipinski definition) is 7. The number of ether oxygens (including phenoxy) is 2. The Balaban J connectivity index is 1.57. The molecule has 0 fully saturated rings. The standard InChI is InChI=1S/C23H21F3N6O3/c1-31(19-10-35-9-16-13(19)3-4-20(29-16)23(24,25)26)22(33)14-6-17-15(5-12(14)8-34-2)30-21(27)18-7-28-11-32(17)18/h3-7,11,19H,8-10H2,1-2H3,(H2,27,30). The number of imidazole rings is 1. The molecule has 1 aliphatic rings. The van der Waals surface area contributed by atoms with Crippen LogP contribution in [0.2, 0.25) is 0 Å². The normalized spacial score (nSPS) is 16.0. The van der Waals surface area contributed by atoms with Crippen LogP contribution in [0.3, 0.4) is 0 Å². The summed E-state index contributed by atoms with van der Waals surface area (Å²) < 4.78 is 51.9. The number of nitrogens with two attached hydrogens (primary N) is 1. The summed E-state index contributed by atoms with van der Waals surface area (Å²) in [5.74, 6) is -0.0540. The minimum absolute atomic E-state index is 0.0611. The number of carbonyl (C=O) groups is 1. The highest BCUT2D eigenvalue weighted by molar-refractivity contribution is 6.00. The highest BCUT2D eigenvalue weighted by Crippen LogP contribution is 2.34. The van der Waals surface area contributed by atoms with Crippen LogP contribution < -0.4 is 5.73 Å². The van der Waals surface area contributed by atoms with Crippen molar-refractivity contribution in [3.63, 3.8) is 0 Å². The molecule has 3 aromatic heterocycles. The lowest BCUT2D eigenvalue weighted by Crippen LogP contribution is -2.37. The Kier molecular flexibility index (Phi) is 5.56. The Bertz CT molecular complexity index is 1450. The number of nitrogen functional groups attached to an aromatic ring is 1. The van der Waals surface area contributed by atoms with Gasteiger partial charge in [-0.15, -0.1) is 0 Å². The number of nitrogens with zero attached hydrogens (tertiary/aromatic N) is 5. The van der Waals surface area contributed by atoms with Crippen molar-refractivity contribution in [2.75, 3.05) is 26.5 Å². The summed E-state index contributed by atoms with van der Waals surface area (Å²) in [5.41, 5.74) is 8.46. The number of halogens is 3. The maximum atomic E-state index is 13.7. The summed E-state index contributed by atoms with van der Waals surface area (Å²) in [6, 6.07) is 5.09. The Morgan fingerprint density at radius 1 is 1.29 bits per heavy atom. The first-order valence-electron chi connectivity index (χ1n) is 10.6. The van der Waals surface area contributed by atoms with E-state index < -0.39 is 17.9 Å². The lowest BCUT2D eigenvalue weighted by Gasteiger charge is -2.33. The first-order valence-corrected chi connectivity index (χ1v) is 10.6. The second-order valence-electron chi connectivity index (χ2n) is 8.25. The van der Waals surface area contributed by atoms with Crippen LogP contribution >= 0.6 is 0 Å². The molecule has 1 unspecified atom stereocenters. The van der Waals surface area contributed by atoms with Gasteiger partial charge in [0.05, 0.1) is 55.1 Å². The van der Waals surface area contributed by atoms with Gasteiger partial charge in [0.1, 0.15) is 17.0 Å². The van der Waals surface area contributed by atoms with Crippen LogP contribution in [-0.4, -0.2) is 50.9 Å². The van der Waals surface area contributed by atoms with Crippen LogP contribution in [0.15, 0.2) is 36.8 Å². The number of aromatic nitrogens is 4. The number of anilines is 1. The number of methoxy groups -OCH3 is 1. The Labute approximate surface area is 197 Å². The zero-order valence-corrected chi connectivity index (χ0v) is 18.8. The van der Waals surface area contributed by atoms with Gasteiger partial charge in [0.15, 0.2) is 0 Å². The Hall–Kier alpha value is -3.77. The highest BCUT2D eigenvalue weighted by Gasteiger charge is 2.36. The number of fused-ring (bicyclic) bond motifs is 4. The lowest BCUT2D eigenvalue weighted by atomic mass is 9.99. The fourth-order valence-corrected chi connectivity index (χ4v) is 4.34. The van der Waals surface area contributed by atoms with E-state index in [0.29, 0.717) is 39.1 Å². The number of carbonyl (C=O) groups excluding carboxylic acids is 1. The van der Waals surface area contributed by atoms with E-state index in [0.717, 1.165) is 6.07 Å². The Morgan fingerprint density at radius 3 is 2.83 bits per heavy atom. The van der Waals surface area contributed by atoms with Gasteiger partial charge in [0.2, 0.25) is 0 Å². The maximum Gasteiger partial charge on any atom is 0.433 e. The van der Waals surface area contributed by atoms with Crippen molar-refractivity contribution in [2.24, 2.45) is 0 Å². The number of benzene rings is 1. The van der Waals surface area contributed by atoms with E-state index in [-0.39, 0.29) is 31.4 Å². The SMILES string of the molecule is COCc1cc2nc(N)c3cncn3c2cc1C(=O)N(C)C1COCc2nc(C(F)(F)F)ccc21. The average molecular weight is 486 g/mol. The molecule has 1 amide bonds. The van der Waals surface area contributed by atoms with E-state index in [9.17, 15) is 18.0 Å². The third kappa shape index (κ3) is 3.94. The molecular weight excluding hydrogens is 465 g/mol. The second kappa shape index (κ2) is 8.47. The van der Waals surface area contributed by atoms with Crippen molar-refractivity contribution in [3.05, 3.63) is 64.9 Å². The van der Waals surface area contributed by atoms with Crippen LogP contribution in [-0.2, 0) is 28.9 Å². The van der Waals surface area contributed by atoms with E-state index in [2.05, 4.69) is 15.0 Å². The van der Waals surface area contributed by atoms with Crippen LogP contribution in [0, 0.1) is 0 Å². The van der Waals surface area contributed by atoms with E-state index >= 15 is 0 Å². The third-order valence-corrected chi connectivity index (χ3v) is 6.09. The molecule has 5 rings (SSSR count). The number of amides is 1. The van der Waals surface area contributed by atoms with E-state index in [1.165, 1.54) is 18.1 Å². The van der Waals surface area contributed by atoms with Crippen LogP contribution in [0.1, 0.15) is 38.9 Å². The van der Waals surface area contributed by atoms with Crippen LogP contribution in [0.25, 0.3) is 16.6 Å². The largest absolute Gasteiger partial charge is 0.433 e. The molecule has 4 aromatic rings. The van der Waals surface area contributed by atoms with Gasteiger partial charge >= 0.3 is 6.18 Å². The fourth-order valence-electron chi connectivity index (χ4n) is 4.34. The third-order valence-electron chi connectivity index (χ3n) is 6.09. The number of alkyl halides is 3. The predicted molar refractivity (Wildman–Crippen MR) is 119 cm³/mol. The molecule has 0 radical (unpaired) electrons. The van der Waals surface area contributed by atoms with Gasteiger partial charge in [0.25, 0.3) is 5.91 Å². The lowest BCUT2D eigenvalue weighted by molar-refractivity contribution is -0.141. The summed E-state index contributed by atoms with van der Waals surface area (Å²) in [6.07, 6.45) is -1.41. The Morgan fingerprint density at radius 2 is 2.09 bits per heavy atom. The predicted octanol–water partition coefficient (Wildman–Crippen LogP) is 3.37. The van der Waals surface area contributed by atoms with Crippen molar-refractivity contribution >= 4 is 28.3 Å². The van der Waals surface area contributed by atoms with Gasteiger partial charge in [-0.1, -0.05) is 6.07 Å². The molecule has 9 nitrogen and oxygen atoms in total. The van der Waals surface area contributed by atoms with Gasteiger partial charge in [-0.05, 0) is 23.8 Å². The van der Waals surface area contributed by atoms with Gasteiger partial charge in [0, 0.05) is 25.3 Å². The van der Waals surface area contributed by atoms with Crippen molar-refractivity contribution in [1.82, 2.24) is 24.3 Å². The summed E-state index contributed by atoms with van der Waals surface area (Å²) in [7, 11) is 3.09. The van der Waals surface area contributed by atoms with Gasteiger partial charge in [-0.2, -0.15) is 13.2 Å². The van der Waals surface area contributed by atoms with Crippen molar-refractivity contribution in [3.8, 4) is 0 Å². The summed E-state index contributed by atoms with van der Waals surface area (Å²) in [5, 5.41) is 0. The van der Waals surface area contributed by atoms with Crippen LogP contribution in [0.4, 0.5) is 19.0 Å². The molecule has 0 saturated carbocycles. The highest BCUT2D eigenvalue weighted by atomic mass is 19.4. The van der Waals surface area contributed by atoms with E-state index in [4.69, 9.17) is 15.2 Å². The smallest absolute Gasteiger partial charge is 0.382 e. The van der Waals surface area contributed by atoms with Crippen molar-refractivity contribution in [2.45, 2.75) is 25.4 Å². The van der Waals surface area contributed by atoms with Crippen molar-refractivity contribution in [1.29, 1.82) is 0 Å². The zero-order valence-electron chi connectivity index (χ0n) is 18.8. The molecule has 0 saturated heterocycles. The summed E-state index contributed by atoms with van der Waals surface area (Å²) in [6.45, 7) is 0.205. The minimum Gasteiger partial charge on any atom is -0.382 e. The van der Waals surface area contributed by atoms with Gasteiger partial charge in [-0.3, -0.25) is 9.20 Å². The van der Waals surface area contributed by atoms with E-state index in [1.807, 2.05) is 0 Å². The molecule has 0 bridgehead atoms.